The van der Waals surface area contributed by atoms with E-state index in [0.29, 0.717) is 34.4 Å². The van der Waals surface area contributed by atoms with E-state index in [9.17, 15) is 9.59 Å². The highest BCUT2D eigenvalue weighted by molar-refractivity contribution is 6.10. The molecule has 0 radical (unpaired) electrons. The van der Waals surface area contributed by atoms with E-state index in [4.69, 9.17) is 9.47 Å². The quantitative estimate of drug-likeness (QED) is 0.493. The Morgan fingerprint density at radius 2 is 1.64 bits per heavy atom. The predicted molar refractivity (Wildman–Crippen MR) is 126 cm³/mol. The summed E-state index contributed by atoms with van der Waals surface area (Å²) in [6.07, 6.45) is 0. The lowest BCUT2D eigenvalue weighted by atomic mass is 9.96. The van der Waals surface area contributed by atoms with E-state index in [1.54, 1.807) is 42.5 Å². The van der Waals surface area contributed by atoms with Crippen molar-refractivity contribution >= 4 is 23.2 Å². The Morgan fingerprint density at radius 1 is 0.909 bits per heavy atom. The molecule has 170 valence electrons. The van der Waals surface area contributed by atoms with Gasteiger partial charge in [-0.2, -0.15) is 0 Å². The second kappa shape index (κ2) is 10.2. The molecule has 3 aromatic carbocycles. The molecule has 4 N–H and O–H groups in total. The maximum absolute atomic E-state index is 12.9. The van der Waals surface area contributed by atoms with Gasteiger partial charge in [-0.15, -0.1) is 0 Å². The van der Waals surface area contributed by atoms with Gasteiger partial charge in [-0.25, -0.2) is 0 Å². The summed E-state index contributed by atoms with van der Waals surface area (Å²) in [6, 6.07) is 22.5. The van der Waals surface area contributed by atoms with Crippen LogP contribution in [0.2, 0.25) is 0 Å². The first kappa shape index (κ1) is 22.4. The highest BCUT2D eigenvalue weighted by Crippen LogP contribution is 2.34. The Kier molecular flexibility index (Phi) is 6.90. The number of amides is 2. The molecule has 4 rings (SSSR count). The van der Waals surface area contributed by atoms with Crippen LogP contribution in [0, 0.1) is 5.92 Å². The molecule has 0 aliphatic carbocycles. The second-order valence-electron chi connectivity index (χ2n) is 8.24. The van der Waals surface area contributed by atoms with Gasteiger partial charge in [0.1, 0.15) is 6.04 Å². The molecular weight excluding hydrogens is 418 g/mol. The Labute approximate surface area is 193 Å². The first-order valence-corrected chi connectivity index (χ1v) is 11.0. The highest BCUT2D eigenvalue weighted by atomic mass is 16.7. The number of ether oxygens (including phenoxy) is 2. The minimum absolute atomic E-state index is 0.167. The number of nitrogens with two attached hydrogens (primary N) is 1. The molecule has 1 atom stereocenters. The van der Waals surface area contributed by atoms with Crippen LogP contribution in [0.3, 0.4) is 0 Å². The standard InChI is InChI=1S/C26H27N3O4/c1-17(2)25(18-8-4-3-5-9-18)27-15-24(30)29-21-11-7-6-10-20(21)26(31)28-19-12-13-22-23(14-19)33-16-32-22/h3-14,17,25,27H,15-16H2,1-2H3,(H,28,31)(H,29,30)/p+1. The minimum Gasteiger partial charge on any atom is -0.454 e. The second-order valence-corrected chi connectivity index (χ2v) is 8.24. The van der Waals surface area contributed by atoms with Crippen LogP contribution in [-0.2, 0) is 4.79 Å². The zero-order chi connectivity index (χ0) is 23.2. The number of rotatable bonds is 8. The van der Waals surface area contributed by atoms with E-state index in [1.807, 2.05) is 23.5 Å². The average Bonchev–Trinajstić information content (AvgIpc) is 3.28. The fourth-order valence-electron chi connectivity index (χ4n) is 3.87. The number of carbonyl (C=O) groups excluding carboxylic acids is 2. The summed E-state index contributed by atoms with van der Waals surface area (Å²) >= 11 is 0. The van der Waals surface area contributed by atoms with Gasteiger partial charge in [-0.05, 0) is 24.3 Å². The fraction of sp³-hybridized carbons (Fsp3) is 0.231. The summed E-state index contributed by atoms with van der Waals surface area (Å²) in [5.41, 5.74) is 2.62. The molecule has 33 heavy (non-hydrogen) atoms. The summed E-state index contributed by atoms with van der Waals surface area (Å²) in [5, 5.41) is 7.78. The number of hydrogen-bond donors (Lipinski definition) is 3. The molecule has 1 heterocycles. The molecule has 0 saturated carbocycles. The van der Waals surface area contributed by atoms with Crippen molar-refractivity contribution in [2.45, 2.75) is 19.9 Å². The zero-order valence-corrected chi connectivity index (χ0v) is 18.7. The van der Waals surface area contributed by atoms with Gasteiger partial charge in [-0.3, -0.25) is 9.59 Å². The lowest BCUT2D eigenvalue weighted by Gasteiger charge is -2.19. The normalized spacial score (nSPS) is 12.9. The van der Waals surface area contributed by atoms with Crippen LogP contribution in [-0.4, -0.2) is 25.2 Å². The first-order valence-electron chi connectivity index (χ1n) is 11.0. The van der Waals surface area contributed by atoms with E-state index >= 15 is 0 Å². The molecule has 7 nitrogen and oxygen atoms in total. The van der Waals surface area contributed by atoms with E-state index in [1.165, 1.54) is 5.56 Å². The van der Waals surface area contributed by atoms with Gasteiger partial charge in [0.05, 0.1) is 11.3 Å². The summed E-state index contributed by atoms with van der Waals surface area (Å²) in [5.74, 6) is 1.10. The fourth-order valence-corrected chi connectivity index (χ4v) is 3.87. The molecule has 0 spiro atoms. The molecule has 0 aromatic heterocycles. The van der Waals surface area contributed by atoms with Crippen molar-refractivity contribution in [3.05, 3.63) is 83.9 Å². The molecule has 0 saturated heterocycles. The molecule has 7 heteroatoms. The Hall–Kier alpha value is -3.84. The summed E-state index contributed by atoms with van der Waals surface area (Å²) in [6.45, 7) is 4.69. The number of fused-ring (bicyclic) bond motifs is 1. The third-order valence-corrected chi connectivity index (χ3v) is 5.54. The van der Waals surface area contributed by atoms with Crippen molar-refractivity contribution in [2.24, 2.45) is 5.92 Å². The maximum Gasteiger partial charge on any atom is 0.279 e. The molecular formula is C26H28N3O4+. The highest BCUT2D eigenvalue weighted by Gasteiger charge is 2.21. The Morgan fingerprint density at radius 3 is 2.42 bits per heavy atom. The minimum atomic E-state index is -0.321. The Bertz CT molecular complexity index is 1130. The van der Waals surface area contributed by atoms with E-state index in [2.05, 4.69) is 36.6 Å². The number of anilines is 2. The molecule has 1 aliphatic heterocycles. The average molecular weight is 447 g/mol. The van der Waals surface area contributed by atoms with Crippen molar-refractivity contribution in [1.82, 2.24) is 0 Å². The van der Waals surface area contributed by atoms with Crippen molar-refractivity contribution in [3.8, 4) is 11.5 Å². The van der Waals surface area contributed by atoms with Crippen molar-refractivity contribution in [2.75, 3.05) is 24.0 Å². The van der Waals surface area contributed by atoms with Crippen LogP contribution in [0.15, 0.2) is 72.8 Å². The number of para-hydroxylation sites is 1. The molecule has 1 unspecified atom stereocenters. The summed E-state index contributed by atoms with van der Waals surface area (Å²) < 4.78 is 10.7. The van der Waals surface area contributed by atoms with Crippen molar-refractivity contribution in [3.63, 3.8) is 0 Å². The molecule has 1 aliphatic rings. The lowest BCUT2D eigenvalue weighted by molar-refractivity contribution is -0.692. The summed E-state index contributed by atoms with van der Waals surface area (Å²) in [7, 11) is 0. The summed E-state index contributed by atoms with van der Waals surface area (Å²) in [4.78, 5) is 25.6. The third-order valence-electron chi connectivity index (χ3n) is 5.54. The number of benzene rings is 3. The molecule has 2 amide bonds. The zero-order valence-electron chi connectivity index (χ0n) is 18.7. The topological polar surface area (TPSA) is 93.3 Å². The van der Waals surface area contributed by atoms with Gasteiger partial charge >= 0.3 is 0 Å². The predicted octanol–water partition coefficient (Wildman–Crippen LogP) is 3.57. The van der Waals surface area contributed by atoms with E-state index in [-0.39, 0.29) is 31.2 Å². The van der Waals surface area contributed by atoms with Crippen LogP contribution >= 0.6 is 0 Å². The SMILES string of the molecule is CC(C)C([NH2+]CC(=O)Nc1ccccc1C(=O)Nc1ccc2c(c1)OCO2)c1ccccc1. The van der Waals surface area contributed by atoms with Crippen LogP contribution < -0.4 is 25.4 Å². The number of quaternary nitrogens is 1. The van der Waals surface area contributed by atoms with Gasteiger partial charge in [0.15, 0.2) is 18.0 Å². The van der Waals surface area contributed by atoms with Crippen LogP contribution in [0.5, 0.6) is 11.5 Å². The maximum atomic E-state index is 12.9. The van der Waals surface area contributed by atoms with E-state index < -0.39 is 0 Å². The number of carbonyl (C=O) groups is 2. The van der Waals surface area contributed by atoms with Crippen molar-refractivity contribution < 1.29 is 24.4 Å². The smallest absolute Gasteiger partial charge is 0.279 e. The van der Waals surface area contributed by atoms with Crippen LogP contribution in [0.25, 0.3) is 0 Å². The lowest BCUT2D eigenvalue weighted by Crippen LogP contribution is -2.88. The Balaban J connectivity index is 1.40. The molecule has 3 aromatic rings. The van der Waals surface area contributed by atoms with Crippen LogP contribution in [0.1, 0.15) is 35.8 Å². The number of hydrogen-bond acceptors (Lipinski definition) is 4. The third kappa shape index (κ3) is 5.51. The van der Waals surface area contributed by atoms with E-state index in [0.717, 1.165) is 0 Å². The molecule has 0 bridgehead atoms. The van der Waals surface area contributed by atoms with Gasteiger partial charge in [0.25, 0.3) is 11.8 Å². The monoisotopic (exact) mass is 446 g/mol. The number of nitrogens with one attached hydrogen (secondary N) is 2. The largest absolute Gasteiger partial charge is 0.454 e. The van der Waals surface area contributed by atoms with Crippen molar-refractivity contribution in [1.29, 1.82) is 0 Å². The van der Waals surface area contributed by atoms with Gasteiger partial charge < -0.3 is 25.4 Å². The first-order chi connectivity index (χ1) is 16.0. The van der Waals surface area contributed by atoms with Crippen LogP contribution in [0.4, 0.5) is 11.4 Å². The van der Waals surface area contributed by atoms with Gasteiger partial charge in [0.2, 0.25) is 6.79 Å². The van der Waals surface area contributed by atoms with Gasteiger partial charge in [-0.1, -0.05) is 56.3 Å². The molecule has 0 fully saturated rings. The van der Waals surface area contributed by atoms with Gasteiger partial charge in [0, 0.05) is 23.2 Å².